The zero-order chi connectivity index (χ0) is 20.4. The number of rotatable bonds is 3. The van der Waals surface area contributed by atoms with Crippen LogP contribution in [0.25, 0.3) is 0 Å². The van der Waals surface area contributed by atoms with Gasteiger partial charge in [-0.2, -0.15) is 0 Å². The number of amidine groups is 1. The number of methoxy groups -OCH3 is 2. The van der Waals surface area contributed by atoms with E-state index in [9.17, 15) is 9.59 Å². The van der Waals surface area contributed by atoms with Crippen molar-refractivity contribution in [2.75, 3.05) is 32.2 Å². The lowest BCUT2D eigenvalue weighted by Crippen LogP contribution is -2.53. The average molecular weight is 400 g/mol. The number of hydrogen-bond acceptors (Lipinski definition) is 5. The fraction of sp³-hybridized carbons (Fsp3) is 0.571. The topological polar surface area (TPSA) is 83.5 Å². The number of nitrogens with one attached hydrogen (secondary N) is 1. The molecule has 1 aromatic rings. The maximum atomic E-state index is 13.1. The van der Waals surface area contributed by atoms with E-state index >= 15 is 0 Å². The molecule has 4 rings (SSSR count). The van der Waals surface area contributed by atoms with E-state index in [1.54, 1.807) is 16.9 Å². The standard InChI is InChI=1S/C21H28N4O4/c1-28-17-10-6-9-16(13-17)25-19(26)23-18(22-15-7-4-3-5-8-15)21(25)11-12-24(14-21)20(27)29-2/h6,9-10,13,15H,3-5,7-8,11-12,14H2,1-2H3,(H,22,23,26). The summed E-state index contributed by atoms with van der Waals surface area (Å²) in [6.45, 7) is 0.854. The number of carbonyl (C=O) groups excluding carboxylic acids is 2. The van der Waals surface area contributed by atoms with Crippen LogP contribution in [-0.2, 0) is 4.74 Å². The molecule has 1 unspecified atom stereocenters. The highest BCUT2D eigenvalue weighted by Gasteiger charge is 2.56. The smallest absolute Gasteiger partial charge is 0.409 e. The van der Waals surface area contributed by atoms with Crippen LogP contribution in [-0.4, -0.2) is 61.7 Å². The minimum atomic E-state index is -0.713. The lowest BCUT2D eigenvalue weighted by atomic mass is 9.93. The number of benzene rings is 1. The summed E-state index contributed by atoms with van der Waals surface area (Å²) in [4.78, 5) is 33.7. The number of nitrogens with zero attached hydrogens (tertiary/aromatic N) is 3. The summed E-state index contributed by atoms with van der Waals surface area (Å²) in [6, 6.07) is 7.42. The van der Waals surface area contributed by atoms with Crippen LogP contribution < -0.4 is 15.0 Å². The summed E-state index contributed by atoms with van der Waals surface area (Å²) in [5, 5.41) is 3.01. The Kier molecular flexibility index (Phi) is 5.34. The fourth-order valence-electron chi connectivity index (χ4n) is 4.69. The van der Waals surface area contributed by atoms with Gasteiger partial charge in [-0.05, 0) is 31.4 Å². The first-order valence-electron chi connectivity index (χ1n) is 10.2. The van der Waals surface area contributed by atoms with Crippen LogP contribution in [0.4, 0.5) is 15.3 Å². The Morgan fingerprint density at radius 1 is 1.24 bits per heavy atom. The van der Waals surface area contributed by atoms with Gasteiger partial charge in [0.25, 0.3) is 0 Å². The largest absolute Gasteiger partial charge is 0.497 e. The third kappa shape index (κ3) is 3.52. The van der Waals surface area contributed by atoms with Crippen LogP contribution in [0.3, 0.4) is 0 Å². The Balaban J connectivity index is 1.74. The molecule has 2 saturated heterocycles. The van der Waals surface area contributed by atoms with Crippen molar-refractivity contribution in [3.8, 4) is 5.75 Å². The number of aliphatic imine (C=N–C) groups is 1. The number of hydrogen-bond donors (Lipinski definition) is 1. The predicted molar refractivity (Wildman–Crippen MR) is 110 cm³/mol. The van der Waals surface area contributed by atoms with Crippen molar-refractivity contribution in [1.82, 2.24) is 10.2 Å². The van der Waals surface area contributed by atoms with Gasteiger partial charge < -0.3 is 14.4 Å². The molecule has 3 fully saturated rings. The molecule has 3 aliphatic rings. The van der Waals surface area contributed by atoms with Gasteiger partial charge in [-0.1, -0.05) is 25.3 Å². The molecular weight excluding hydrogens is 372 g/mol. The van der Waals surface area contributed by atoms with Gasteiger partial charge in [0.05, 0.1) is 32.5 Å². The summed E-state index contributed by atoms with van der Waals surface area (Å²) in [5.74, 6) is 1.34. The van der Waals surface area contributed by atoms with E-state index in [1.807, 2.05) is 24.3 Å². The second-order valence-corrected chi connectivity index (χ2v) is 7.91. The maximum absolute atomic E-state index is 13.1. The highest BCUT2D eigenvalue weighted by molar-refractivity contribution is 6.19. The van der Waals surface area contributed by atoms with E-state index in [4.69, 9.17) is 14.5 Å². The van der Waals surface area contributed by atoms with Crippen LogP contribution in [0, 0.1) is 0 Å². The number of carbonyl (C=O) groups is 2. The van der Waals surface area contributed by atoms with E-state index in [0.717, 1.165) is 31.4 Å². The van der Waals surface area contributed by atoms with E-state index in [1.165, 1.54) is 13.5 Å². The molecule has 29 heavy (non-hydrogen) atoms. The second kappa shape index (κ2) is 7.93. The quantitative estimate of drug-likeness (QED) is 0.845. The molecule has 1 N–H and O–H groups in total. The third-order valence-electron chi connectivity index (χ3n) is 6.18. The number of ether oxygens (including phenoxy) is 2. The van der Waals surface area contributed by atoms with Gasteiger partial charge >= 0.3 is 12.1 Å². The molecule has 2 aliphatic heterocycles. The molecular formula is C21H28N4O4. The minimum absolute atomic E-state index is 0.216. The van der Waals surface area contributed by atoms with Crippen LogP contribution in [0.5, 0.6) is 5.75 Å². The van der Waals surface area contributed by atoms with Gasteiger partial charge in [0.15, 0.2) is 0 Å². The number of likely N-dealkylation sites (tertiary alicyclic amines) is 1. The predicted octanol–water partition coefficient (Wildman–Crippen LogP) is 3.17. The van der Waals surface area contributed by atoms with E-state index in [-0.39, 0.29) is 18.2 Å². The van der Waals surface area contributed by atoms with Gasteiger partial charge in [0.1, 0.15) is 17.1 Å². The summed E-state index contributed by atoms with van der Waals surface area (Å²) < 4.78 is 10.3. The zero-order valence-electron chi connectivity index (χ0n) is 17.0. The van der Waals surface area contributed by atoms with Crippen molar-refractivity contribution >= 4 is 23.6 Å². The van der Waals surface area contributed by atoms with Crippen molar-refractivity contribution in [3.63, 3.8) is 0 Å². The monoisotopic (exact) mass is 400 g/mol. The Hall–Kier alpha value is -2.77. The number of urea groups is 1. The normalized spacial score (nSPS) is 26.3. The van der Waals surface area contributed by atoms with Crippen molar-refractivity contribution in [3.05, 3.63) is 24.3 Å². The Morgan fingerprint density at radius 3 is 2.76 bits per heavy atom. The number of anilines is 1. The summed E-state index contributed by atoms with van der Waals surface area (Å²) in [7, 11) is 2.98. The first-order chi connectivity index (χ1) is 14.1. The highest BCUT2D eigenvalue weighted by Crippen LogP contribution is 2.39. The fourth-order valence-corrected chi connectivity index (χ4v) is 4.69. The maximum Gasteiger partial charge on any atom is 0.409 e. The lowest BCUT2D eigenvalue weighted by molar-refractivity contribution is 0.132. The van der Waals surface area contributed by atoms with Crippen LogP contribution in [0.1, 0.15) is 38.5 Å². The van der Waals surface area contributed by atoms with E-state index in [2.05, 4.69) is 5.32 Å². The van der Waals surface area contributed by atoms with Crippen molar-refractivity contribution in [2.24, 2.45) is 4.99 Å². The van der Waals surface area contributed by atoms with Crippen molar-refractivity contribution in [1.29, 1.82) is 0 Å². The molecule has 3 amide bonds. The molecule has 1 spiro atoms. The third-order valence-corrected chi connectivity index (χ3v) is 6.18. The molecule has 0 bridgehead atoms. The molecule has 156 valence electrons. The van der Waals surface area contributed by atoms with Crippen molar-refractivity contribution in [2.45, 2.75) is 50.1 Å². The van der Waals surface area contributed by atoms with E-state index in [0.29, 0.717) is 31.1 Å². The molecule has 1 atom stereocenters. The molecule has 1 aromatic carbocycles. The van der Waals surface area contributed by atoms with Crippen LogP contribution in [0.15, 0.2) is 29.3 Å². The molecule has 0 aromatic heterocycles. The minimum Gasteiger partial charge on any atom is -0.497 e. The lowest BCUT2D eigenvalue weighted by Gasteiger charge is -2.34. The molecule has 2 heterocycles. The first kappa shape index (κ1) is 19.5. The SMILES string of the molecule is COC(=O)N1CCC2(C1)C(=NC1CCCCC1)NC(=O)N2c1cccc(OC)c1. The molecule has 1 aliphatic carbocycles. The van der Waals surface area contributed by atoms with Gasteiger partial charge in [-0.3, -0.25) is 15.2 Å². The molecule has 8 nitrogen and oxygen atoms in total. The Morgan fingerprint density at radius 2 is 2.03 bits per heavy atom. The molecule has 0 radical (unpaired) electrons. The first-order valence-corrected chi connectivity index (χ1v) is 10.2. The van der Waals surface area contributed by atoms with Crippen LogP contribution in [0.2, 0.25) is 0 Å². The summed E-state index contributed by atoms with van der Waals surface area (Å²) in [6.07, 6.45) is 5.86. The van der Waals surface area contributed by atoms with Gasteiger partial charge in [0, 0.05) is 12.6 Å². The second-order valence-electron chi connectivity index (χ2n) is 7.91. The Labute approximate surface area is 170 Å². The summed E-state index contributed by atoms with van der Waals surface area (Å²) in [5.41, 5.74) is 0.0112. The average Bonchev–Trinajstić information content (AvgIpc) is 3.30. The van der Waals surface area contributed by atoms with Crippen molar-refractivity contribution < 1.29 is 19.1 Å². The molecule has 8 heteroatoms. The van der Waals surface area contributed by atoms with Gasteiger partial charge in [0.2, 0.25) is 0 Å². The highest BCUT2D eigenvalue weighted by atomic mass is 16.5. The molecule has 1 saturated carbocycles. The van der Waals surface area contributed by atoms with E-state index < -0.39 is 5.54 Å². The van der Waals surface area contributed by atoms with Crippen LogP contribution >= 0.6 is 0 Å². The Bertz CT molecular complexity index is 821. The summed E-state index contributed by atoms with van der Waals surface area (Å²) >= 11 is 0. The zero-order valence-corrected chi connectivity index (χ0v) is 17.0. The van der Waals surface area contributed by atoms with Gasteiger partial charge in [-0.25, -0.2) is 9.59 Å². The number of amides is 3. The van der Waals surface area contributed by atoms with Gasteiger partial charge in [-0.15, -0.1) is 0 Å².